The van der Waals surface area contributed by atoms with E-state index in [0.717, 1.165) is 0 Å². The molecule has 0 aliphatic carbocycles. The van der Waals surface area contributed by atoms with Crippen molar-refractivity contribution in [2.24, 2.45) is 5.41 Å². The highest BCUT2D eigenvalue weighted by atomic mass is 16.5. The molecule has 0 saturated carbocycles. The zero-order valence-corrected chi connectivity index (χ0v) is 11.1. The second-order valence-electron chi connectivity index (χ2n) is 4.56. The molecule has 2 amide bonds. The summed E-state index contributed by atoms with van der Waals surface area (Å²) in [5.74, 6) is -0.932. The summed E-state index contributed by atoms with van der Waals surface area (Å²) < 4.78 is 4.68. The zero-order chi connectivity index (χ0) is 13.8. The Morgan fingerprint density at radius 2 is 1.72 bits per heavy atom. The number of methoxy groups -OCH3 is 1. The van der Waals surface area contributed by atoms with Gasteiger partial charge in [0.1, 0.15) is 0 Å². The number of amides is 2. The van der Waals surface area contributed by atoms with Gasteiger partial charge in [-0.05, 0) is 18.3 Å². The Labute approximate surface area is 107 Å². The van der Waals surface area contributed by atoms with Crippen LogP contribution in [0.5, 0.6) is 0 Å². The number of esters is 1. The molecule has 5 heteroatoms. The third-order valence-corrected chi connectivity index (χ3v) is 3.64. The molecule has 0 N–H and O–H groups in total. The first-order valence-electron chi connectivity index (χ1n) is 6.08. The average Bonchev–Trinajstić information content (AvgIpc) is 2.69. The summed E-state index contributed by atoms with van der Waals surface area (Å²) in [6, 6.07) is 0. The largest absolute Gasteiger partial charge is 0.469 e. The number of ether oxygens (including phenoxy) is 1. The first-order valence-corrected chi connectivity index (χ1v) is 6.08. The van der Waals surface area contributed by atoms with Crippen molar-refractivity contribution in [1.82, 2.24) is 4.90 Å². The van der Waals surface area contributed by atoms with Gasteiger partial charge in [-0.3, -0.25) is 19.3 Å². The lowest BCUT2D eigenvalue weighted by molar-refractivity contribution is -0.147. The lowest BCUT2D eigenvalue weighted by atomic mass is 9.78. The third kappa shape index (κ3) is 2.97. The van der Waals surface area contributed by atoms with Gasteiger partial charge in [0.25, 0.3) is 11.8 Å². The van der Waals surface area contributed by atoms with E-state index < -0.39 is 5.41 Å². The molecule has 1 aliphatic heterocycles. The van der Waals surface area contributed by atoms with Crippen LogP contribution < -0.4 is 0 Å². The van der Waals surface area contributed by atoms with Gasteiger partial charge in [-0.2, -0.15) is 0 Å². The number of hydrogen-bond donors (Lipinski definition) is 0. The van der Waals surface area contributed by atoms with E-state index in [1.54, 1.807) is 0 Å². The highest BCUT2D eigenvalue weighted by Gasteiger charge is 2.36. The van der Waals surface area contributed by atoms with Crippen LogP contribution in [0, 0.1) is 5.41 Å². The minimum absolute atomic E-state index is 0.216. The maximum atomic E-state index is 11.6. The maximum absolute atomic E-state index is 11.6. The van der Waals surface area contributed by atoms with E-state index in [1.807, 2.05) is 13.8 Å². The van der Waals surface area contributed by atoms with Gasteiger partial charge in [-0.15, -0.1) is 0 Å². The quantitative estimate of drug-likeness (QED) is 0.528. The molecule has 0 atom stereocenters. The van der Waals surface area contributed by atoms with Gasteiger partial charge in [0, 0.05) is 18.7 Å². The van der Waals surface area contributed by atoms with Crippen LogP contribution in [-0.2, 0) is 19.1 Å². The van der Waals surface area contributed by atoms with Crippen LogP contribution in [0.25, 0.3) is 0 Å². The number of carbonyl (C=O) groups is 3. The summed E-state index contributed by atoms with van der Waals surface area (Å²) in [7, 11) is 1.34. The van der Waals surface area contributed by atoms with Crippen LogP contribution in [0.15, 0.2) is 12.2 Å². The Morgan fingerprint density at radius 1 is 1.22 bits per heavy atom. The van der Waals surface area contributed by atoms with Gasteiger partial charge >= 0.3 is 5.97 Å². The van der Waals surface area contributed by atoms with Crippen LogP contribution in [0.2, 0.25) is 0 Å². The SMILES string of the molecule is CCC(CC)(CC(=O)OC)CN1C(=O)C=CC1=O. The van der Waals surface area contributed by atoms with E-state index in [4.69, 9.17) is 0 Å². The summed E-state index contributed by atoms with van der Waals surface area (Å²) >= 11 is 0. The minimum atomic E-state index is -0.398. The predicted molar refractivity (Wildman–Crippen MR) is 65.5 cm³/mol. The Bertz CT molecular complexity index is 364. The molecule has 0 bridgehead atoms. The molecule has 0 radical (unpaired) electrons. The molecule has 0 unspecified atom stereocenters. The van der Waals surface area contributed by atoms with Gasteiger partial charge in [0.05, 0.1) is 13.5 Å². The summed E-state index contributed by atoms with van der Waals surface area (Å²) in [6.07, 6.45) is 4.14. The van der Waals surface area contributed by atoms with Crippen molar-refractivity contribution in [2.45, 2.75) is 33.1 Å². The molecule has 18 heavy (non-hydrogen) atoms. The molecular formula is C13H19NO4. The van der Waals surface area contributed by atoms with Crippen molar-refractivity contribution >= 4 is 17.8 Å². The molecule has 1 heterocycles. The molecule has 0 aromatic rings. The molecule has 0 saturated heterocycles. The van der Waals surface area contributed by atoms with E-state index in [-0.39, 0.29) is 30.7 Å². The Hall–Kier alpha value is -1.65. The third-order valence-electron chi connectivity index (χ3n) is 3.64. The van der Waals surface area contributed by atoms with Crippen molar-refractivity contribution in [2.75, 3.05) is 13.7 Å². The topological polar surface area (TPSA) is 63.7 Å². The van der Waals surface area contributed by atoms with Gasteiger partial charge < -0.3 is 4.74 Å². The molecular weight excluding hydrogens is 234 g/mol. The summed E-state index contributed by atoms with van der Waals surface area (Å²) in [4.78, 5) is 35.7. The van der Waals surface area contributed by atoms with Crippen molar-refractivity contribution in [3.63, 3.8) is 0 Å². The molecule has 0 fully saturated rings. The monoisotopic (exact) mass is 253 g/mol. The van der Waals surface area contributed by atoms with Crippen LogP contribution in [0.1, 0.15) is 33.1 Å². The van der Waals surface area contributed by atoms with Crippen LogP contribution >= 0.6 is 0 Å². The molecule has 1 aliphatic rings. The van der Waals surface area contributed by atoms with Crippen molar-refractivity contribution in [3.05, 3.63) is 12.2 Å². The van der Waals surface area contributed by atoms with Crippen molar-refractivity contribution in [3.8, 4) is 0 Å². The van der Waals surface area contributed by atoms with Gasteiger partial charge in [-0.1, -0.05) is 13.8 Å². The first-order chi connectivity index (χ1) is 8.48. The van der Waals surface area contributed by atoms with E-state index in [9.17, 15) is 14.4 Å². The summed E-state index contributed by atoms with van der Waals surface area (Å²) in [5, 5.41) is 0. The maximum Gasteiger partial charge on any atom is 0.306 e. The highest BCUT2D eigenvalue weighted by molar-refractivity contribution is 6.12. The summed E-state index contributed by atoms with van der Waals surface area (Å²) in [5.41, 5.74) is -0.398. The van der Waals surface area contributed by atoms with Crippen molar-refractivity contribution in [1.29, 1.82) is 0 Å². The lowest BCUT2D eigenvalue weighted by Gasteiger charge is -2.33. The number of nitrogens with zero attached hydrogens (tertiary/aromatic N) is 1. The fourth-order valence-corrected chi connectivity index (χ4v) is 2.08. The standard InChI is InChI=1S/C13H19NO4/c1-4-13(5-2,8-12(17)18-3)9-14-10(15)6-7-11(14)16/h6-7H,4-5,8-9H2,1-3H3. The zero-order valence-electron chi connectivity index (χ0n) is 11.1. The van der Waals surface area contributed by atoms with Gasteiger partial charge in [0.2, 0.25) is 0 Å². The Kier molecular flexibility index (Phi) is 4.64. The van der Waals surface area contributed by atoms with E-state index in [1.165, 1.54) is 24.2 Å². The molecule has 1 rings (SSSR count). The number of hydrogen-bond acceptors (Lipinski definition) is 4. The van der Waals surface area contributed by atoms with Crippen LogP contribution in [0.4, 0.5) is 0 Å². The predicted octanol–water partition coefficient (Wildman–Crippen LogP) is 1.28. The van der Waals surface area contributed by atoms with Crippen molar-refractivity contribution < 1.29 is 19.1 Å². The number of imide groups is 1. The fraction of sp³-hybridized carbons (Fsp3) is 0.615. The van der Waals surface area contributed by atoms with E-state index in [0.29, 0.717) is 12.8 Å². The minimum Gasteiger partial charge on any atom is -0.469 e. The normalized spacial score (nSPS) is 15.4. The first kappa shape index (κ1) is 14.4. The van der Waals surface area contributed by atoms with Crippen LogP contribution in [-0.4, -0.2) is 36.3 Å². The smallest absolute Gasteiger partial charge is 0.306 e. The number of rotatable bonds is 6. The van der Waals surface area contributed by atoms with Crippen LogP contribution in [0.3, 0.4) is 0 Å². The molecule has 100 valence electrons. The Morgan fingerprint density at radius 3 is 2.11 bits per heavy atom. The lowest BCUT2D eigenvalue weighted by Crippen LogP contribution is -2.42. The second-order valence-corrected chi connectivity index (χ2v) is 4.56. The summed E-state index contributed by atoms with van der Waals surface area (Å²) in [6.45, 7) is 4.16. The fourth-order valence-electron chi connectivity index (χ4n) is 2.08. The molecule has 5 nitrogen and oxygen atoms in total. The van der Waals surface area contributed by atoms with Gasteiger partial charge in [0.15, 0.2) is 0 Å². The van der Waals surface area contributed by atoms with E-state index in [2.05, 4.69) is 4.74 Å². The Balaban J connectivity index is 2.82. The second kappa shape index (κ2) is 5.80. The molecule has 0 aromatic carbocycles. The molecule has 0 aromatic heterocycles. The molecule has 0 spiro atoms. The number of carbonyl (C=O) groups excluding carboxylic acids is 3. The average molecular weight is 253 g/mol. The highest BCUT2D eigenvalue weighted by Crippen LogP contribution is 2.33. The van der Waals surface area contributed by atoms with Gasteiger partial charge in [-0.25, -0.2) is 0 Å². The van der Waals surface area contributed by atoms with E-state index >= 15 is 0 Å².